The summed E-state index contributed by atoms with van der Waals surface area (Å²) in [5, 5.41) is 10.8. The van der Waals surface area contributed by atoms with Crippen LogP contribution in [0.3, 0.4) is 0 Å². The first kappa shape index (κ1) is 16.0. The molecular weight excluding hydrogens is 236 g/mol. The fraction of sp³-hybridized carbons (Fsp3) is 0.647. The maximum absolute atomic E-state index is 10.8. The third kappa shape index (κ3) is 7.22. The van der Waals surface area contributed by atoms with E-state index in [1.807, 2.05) is 24.3 Å². The molecule has 0 saturated carbocycles. The third-order valence-electron chi connectivity index (χ3n) is 3.42. The van der Waals surface area contributed by atoms with Crippen molar-refractivity contribution in [3.8, 4) is 5.75 Å². The topological polar surface area (TPSA) is 29.1 Å². The van der Waals surface area contributed by atoms with Gasteiger partial charge >= 0.3 is 0 Å². The van der Waals surface area contributed by atoms with Crippen LogP contribution in [0.4, 0.5) is 0 Å². The summed E-state index contributed by atoms with van der Waals surface area (Å²) in [6.45, 7) is 7.40. The summed E-state index contributed by atoms with van der Waals surface area (Å²) in [4.78, 5) is 0. The van der Waals surface area contributed by atoms with Crippen molar-refractivity contribution in [2.45, 2.75) is 53.1 Å². The van der Waals surface area contributed by atoms with Gasteiger partial charge in [-0.25, -0.2) is 5.11 Å². The fourth-order valence-electron chi connectivity index (χ4n) is 2.12. The fourth-order valence-corrected chi connectivity index (χ4v) is 2.12. The molecule has 1 unspecified atom stereocenters. The van der Waals surface area contributed by atoms with Crippen LogP contribution in [0.2, 0.25) is 0 Å². The molecule has 107 valence electrons. The molecule has 0 spiro atoms. The molecule has 2 heteroatoms. The lowest BCUT2D eigenvalue weighted by molar-refractivity contribution is 0.177. The predicted octanol–water partition coefficient (Wildman–Crippen LogP) is 4.85. The largest absolute Gasteiger partial charge is 0.494 e. The van der Waals surface area contributed by atoms with Gasteiger partial charge in [0.1, 0.15) is 12.4 Å². The highest BCUT2D eigenvalue weighted by atomic mass is 16.5. The van der Waals surface area contributed by atoms with Crippen molar-refractivity contribution in [2.75, 3.05) is 6.61 Å². The van der Waals surface area contributed by atoms with Gasteiger partial charge in [-0.05, 0) is 36.0 Å². The van der Waals surface area contributed by atoms with Crippen LogP contribution in [-0.2, 0) is 11.7 Å². The smallest absolute Gasteiger partial charge is 0.119 e. The van der Waals surface area contributed by atoms with Crippen LogP contribution in [0.5, 0.6) is 5.75 Å². The minimum Gasteiger partial charge on any atom is -0.494 e. The van der Waals surface area contributed by atoms with Gasteiger partial charge in [0.25, 0.3) is 0 Å². The second-order valence-corrected chi connectivity index (χ2v) is 5.86. The van der Waals surface area contributed by atoms with Crippen molar-refractivity contribution in [3.63, 3.8) is 0 Å². The van der Waals surface area contributed by atoms with Gasteiger partial charge < -0.3 is 4.74 Å². The second kappa shape index (κ2) is 8.98. The van der Waals surface area contributed by atoms with E-state index in [-0.39, 0.29) is 6.61 Å². The van der Waals surface area contributed by atoms with E-state index in [1.165, 1.54) is 19.3 Å². The molecule has 0 fully saturated rings. The molecule has 1 aromatic carbocycles. The van der Waals surface area contributed by atoms with Crippen LogP contribution in [0, 0.1) is 11.8 Å². The Kier molecular flexibility index (Phi) is 7.57. The molecule has 0 heterocycles. The Labute approximate surface area is 117 Å². The highest BCUT2D eigenvalue weighted by Gasteiger charge is 2.04. The predicted molar refractivity (Wildman–Crippen MR) is 78.8 cm³/mol. The maximum atomic E-state index is 10.8. The van der Waals surface area contributed by atoms with E-state index < -0.39 is 0 Å². The maximum Gasteiger partial charge on any atom is 0.119 e. The first-order chi connectivity index (χ1) is 9.11. The molecule has 19 heavy (non-hydrogen) atoms. The zero-order valence-electron chi connectivity index (χ0n) is 12.5. The Bertz CT molecular complexity index is 347. The van der Waals surface area contributed by atoms with E-state index in [2.05, 4.69) is 20.8 Å². The van der Waals surface area contributed by atoms with E-state index in [9.17, 15) is 5.11 Å². The minimum atomic E-state index is -0.178. The van der Waals surface area contributed by atoms with Crippen molar-refractivity contribution in [1.29, 1.82) is 0 Å². The molecular formula is C17H27O2. The first-order valence-electron chi connectivity index (χ1n) is 7.41. The number of ether oxygens (including phenoxy) is 1. The molecule has 0 aliphatic heterocycles. The Morgan fingerprint density at radius 3 is 2.58 bits per heavy atom. The Hall–Kier alpha value is -1.02. The average Bonchev–Trinajstić information content (AvgIpc) is 2.38. The Morgan fingerprint density at radius 1 is 1.11 bits per heavy atom. The minimum absolute atomic E-state index is 0.178. The molecule has 1 atom stereocenters. The van der Waals surface area contributed by atoms with Crippen LogP contribution in [0.15, 0.2) is 24.3 Å². The summed E-state index contributed by atoms with van der Waals surface area (Å²) in [6.07, 6.45) is 4.99. The van der Waals surface area contributed by atoms with Gasteiger partial charge in [0, 0.05) is 0 Å². The number of hydrogen-bond donors (Lipinski definition) is 0. The van der Waals surface area contributed by atoms with E-state index in [0.29, 0.717) is 5.92 Å². The molecule has 0 N–H and O–H groups in total. The van der Waals surface area contributed by atoms with Crippen molar-refractivity contribution in [1.82, 2.24) is 0 Å². The number of benzene rings is 1. The zero-order chi connectivity index (χ0) is 14.1. The number of rotatable bonds is 9. The average molecular weight is 263 g/mol. The van der Waals surface area contributed by atoms with Crippen LogP contribution in [0.1, 0.15) is 52.0 Å². The lowest BCUT2D eigenvalue weighted by atomic mass is 9.98. The van der Waals surface area contributed by atoms with Crippen molar-refractivity contribution in [2.24, 2.45) is 11.8 Å². The van der Waals surface area contributed by atoms with Gasteiger partial charge in [-0.15, -0.1) is 0 Å². The van der Waals surface area contributed by atoms with Gasteiger partial charge in [0.05, 0.1) is 6.61 Å². The molecule has 0 aliphatic rings. The molecule has 0 bridgehead atoms. The van der Waals surface area contributed by atoms with E-state index in [4.69, 9.17) is 4.74 Å². The van der Waals surface area contributed by atoms with Crippen molar-refractivity contribution < 1.29 is 9.84 Å². The molecule has 0 amide bonds. The van der Waals surface area contributed by atoms with Gasteiger partial charge in [-0.3, -0.25) is 0 Å². The lowest BCUT2D eigenvalue weighted by Gasteiger charge is -2.13. The van der Waals surface area contributed by atoms with E-state index in [1.54, 1.807) is 0 Å². The monoisotopic (exact) mass is 263 g/mol. The SMILES string of the molecule is CC(C)CCCC(C)CCOc1cccc(C[O])c1. The molecule has 2 nitrogen and oxygen atoms in total. The summed E-state index contributed by atoms with van der Waals surface area (Å²) in [7, 11) is 0. The summed E-state index contributed by atoms with van der Waals surface area (Å²) < 4.78 is 5.71. The van der Waals surface area contributed by atoms with Crippen LogP contribution >= 0.6 is 0 Å². The molecule has 0 aromatic heterocycles. The molecule has 1 radical (unpaired) electrons. The molecule has 0 saturated heterocycles. The molecule has 0 aliphatic carbocycles. The summed E-state index contributed by atoms with van der Waals surface area (Å²) in [6, 6.07) is 7.49. The first-order valence-corrected chi connectivity index (χ1v) is 7.41. The second-order valence-electron chi connectivity index (χ2n) is 5.86. The summed E-state index contributed by atoms with van der Waals surface area (Å²) in [5.41, 5.74) is 0.794. The van der Waals surface area contributed by atoms with Gasteiger partial charge in [0.2, 0.25) is 0 Å². The van der Waals surface area contributed by atoms with E-state index in [0.717, 1.165) is 30.3 Å². The van der Waals surface area contributed by atoms with Crippen LogP contribution < -0.4 is 4.74 Å². The highest BCUT2D eigenvalue weighted by molar-refractivity contribution is 5.27. The number of hydrogen-bond acceptors (Lipinski definition) is 1. The standard InChI is InChI=1S/C17H27O2/c1-14(2)6-4-7-15(3)10-11-19-17-9-5-8-16(12-17)13-18/h5,8-9,12,14-15H,4,6-7,10-11,13H2,1-3H3. The summed E-state index contributed by atoms with van der Waals surface area (Å²) in [5.74, 6) is 2.34. The normalized spacial score (nSPS) is 12.7. The Morgan fingerprint density at radius 2 is 1.89 bits per heavy atom. The van der Waals surface area contributed by atoms with Crippen molar-refractivity contribution >= 4 is 0 Å². The van der Waals surface area contributed by atoms with Crippen LogP contribution in [0.25, 0.3) is 0 Å². The van der Waals surface area contributed by atoms with Crippen molar-refractivity contribution in [3.05, 3.63) is 29.8 Å². The van der Waals surface area contributed by atoms with E-state index >= 15 is 0 Å². The molecule has 1 rings (SSSR count). The van der Waals surface area contributed by atoms with Gasteiger partial charge in [0.15, 0.2) is 0 Å². The third-order valence-corrected chi connectivity index (χ3v) is 3.42. The lowest BCUT2D eigenvalue weighted by Crippen LogP contribution is -2.05. The van der Waals surface area contributed by atoms with Crippen LogP contribution in [-0.4, -0.2) is 6.61 Å². The van der Waals surface area contributed by atoms with Gasteiger partial charge in [-0.1, -0.05) is 52.2 Å². The summed E-state index contributed by atoms with van der Waals surface area (Å²) >= 11 is 0. The molecule has 1 aromatic rings. The zero-order valence-corrected chi connectivity index (χ0v) is 12.5. The quantitative estimate of drug-likeness (QED) is 0.626. The highest BCUT2D eigenvalue weighted by Crippen LogP contribution is 2.17. The Balaban J connectivity index is 2.18. The van der Waals surface area contributed by atoms with Gasteiger partial charge in [-0.2, -0.15) is 0 Å².